The summed E-state index contributed by atoms with van der Waals surface area (Å²) in [4.78, 5) is 28.4. The van der Waals surface area contributed by atoms with Gasteiger partial charge in [0.05, 0.1) is 12.7 Å². The zero-order valence-electron chi connectivity index (χ0n) is 15.6. The van der Waals surface area contributed by atoms with E-state index >= 15 is 0 Å². The first kappa shape index (κ1) is 18.7. The summed E-state index contributed by atoms with van der Waals surface area (Å²) in [5.41, 5.74) is 2.76. The fourth-order valence-electron chi connectivity index (χ4n) is 2.96. The molecule has 0 bridgehead atoms. The maximum absolute atomic E-state index is 12.2. The summed E-state index contributed by atoms with van der Waals surface area (Å²) in [5.74, 6) is -0.446. The van der Waals surface area contributed by atoms with Crippen LogP contribution in [-0.2, 0) is 4.74 Å². The molecule has 142 valence electrons. The second-order valence-corrected chi connectivity index (χ2v) is 6.49. The number of carbonyl (C=O) groups is 2. The summed E-state index contributed by atoms with van der Waals surface area (Å²) in [6, 6.07) is 14.0. The molecule has 0 saturated carbocycles. The number of urea groups is 1. The first-order valence-corrected chi connectivity index (χ1v) is 8.85. The minimum absolute atomic E-state index is 0.371. The summed E-state index contributed by atoms with van der Waals surface area (Å²) >= 11 is 0. The Bertz CT molecular complexity index is 799. The molecule has 2 N–H and O–H groups in total. The van der Waals surface area contributed by atoms with Crippen molar-refractivity contribution >= 4 is 29.1 Å². The van der Waals surface area contributed by atoms with Crippen LogP contribution < -0.4 is 15.5 Å². The Morgan fingerprint density at radius 2 is 1.59 bits per heavy atom. The van der Waals surface area contributed by atoms with Gasteiger partial charge >= 0.3 is 12.0 Å². The van der Waals surface area contributed by atoms with Gasteiger partial charge in [0.25, 0.3) is 0 Å². The topological polar surface area (TPSA) is 73.9 Å². The monoisotopic (exact) mass is 368 g/mol. The van der Waals surface area contributed by atoms with Crippen molar-refractivity contribution in [2.45, 2.75) is 0 Å². The molecule has 27 heavy (non-hydrogen) atoms. The zero-order chi connectivity index (χ0) is 19.2. The van der Waals surface area contributed by atoms with E-state index in [1.54, 1.807) is 24.3 Å². The number of hydrogen-bond donors (Lipinski definition) is 2. The van der Waals surface area contributed by atoms with Gasteiger partial charge in [0.2, 0.25) is 0 Å². The number of ether oxygens (including phenoxy) is 1. The molecular weight excluding hydrogens is 344 g/mol. The zero-order valence-corrected chi connectivity index (χ0v) is 15.6. The van der Waals surface area contributed by atoms with E-state index in [4.69, 9.17) is 0 Å². The van der Waals surface area contributed by atoms with Crippen molar-refractivity contribution in [2.75, 3.05) is 55.9 Å². The standard InChI is InChI=1S/C20H24N4O3/c1-23-10-12-24(13-11-23)18-8-6-16(7-9-18)21-20(26)22-17-5-3-4-15(14-17)19(25)27-2/h3-9,14H,10-13H2,1-2H3,(H2,21,22,26). The predicted molar refractivity (Wildman–Crippen MR) is 107 cm³/mol. The second-order valence-electron chi connectivity index (χ2n) is 6.49. The molecule has 0 radical (unpaired) electrons. The number of anilines is 3. The predicted octanol–water partition coefficient (Wildman–Crippen LogP) is 2.87. The van der Waals surface area contributed by atoms with Gasteiger partial charge in [0.1, 0.15) is 0 Å². The van der Waals surface area contributed by atoms with Gasteiger partial charge in [-0.15, -0.1) is 0 Å². The molecule has 0 spiro atoms. The maximum Gasteiger partial charge on any atom is 0.337 e. The number of piperazine rings is 1. The molecule has 1 aliphatic rings. The number of esters is 1. The Hall–Kier alpha value is -3.06. The van der Waals surface area contributed by atoms with Gasteiger partial charge in [-0.3, -0.25) is 0 Å². The lowest BCUT2D eigenvalue weighted by molar-refractivity contribution is 0.0600. The van der Waals surface area contributed by atoms with Crippen molar-refractivity contribution in [2.24, 2.45) is 0 Å². The van der Waals surface area contributed by atoms with Gasteiger partial charge in [0, 0.05) is 43.2 Å². The van der Waals surface area contributed by atoms with E-state index in [9.17, 15) is 9.59 Å². The number of likely N-dealkylation sites (N-methyl/N-ethyl adjacent to an activating group) is 1. The van der Waals surface area contributed by atoms with Gasteiger partial charge in [-0.1, -0.05) is 6.07 Å². The number of hydrogen-bond acceptors (Lipinski definition) is 5. The van der Waals surface area contributed by atoms with Crippen LogP contribution in [0.3, 0.4) is 0 Å². The molecule has 0 aliphatic carbocycles. The van der Waals surface area contributed by atoms with Gasteiger partial charge < -0.3 is 25.2 Å². The SMILES string of the molecule is COC(=O)c1cccc(NC(=O)Nc2ccc(N3CCN(C)CC3)cc2)c1. The van der Waals surface area contributed by atoms with E-state index in [1.165, 1.54) is 7.11 Å². The van der Waals surface area contributed by atoms with Crippen LogP contribution in [0.15, 0.2) is 48.5 Å². The van der Waals surface area contributed by atoms with Crippen LogP contribution in [0.25, 0.3) is 0 Å². The largest absolute Gasteiger partial charge is 0.465 e. The lowest BCUT2D eigenvalue weighted by Crippen LogP contribution is -2.44. The highest BCUT2D eigenvalue weighted by Gasteiger charge is 2.14. The Morgan fingerprint density at radius 3 is 2.26 bits per heavy atom. The Morgan fingerprint density at radius 1 is 0.926 bits per heavy atom. The summed E-state index contributed by atoms with van der Waals surface area (Å²) < 4.78 is 4.69. The summed E-state index contributed by atoms with van der Waals surface area (Å²) in [5, 5.41) is 5.52. The van der Waals surface area contributed by atoms with Crippen LogP contribution in [0, 0.1) is 0 Å². The average molecular weight is 368 g/mol. The second kappa shape index (κ2) is 8.55. The highest BCUT2D eigenvalue weighted by Crippen LogP contribution is 2.20. The van der Waals surface area contributed by atoms with E-state index < -0.39 is 5.97 Å². The highest BCUT2D eigenvalue weighted by molar-refractivity contribution is 6.00. The Labute approximate surface area is 158 Å². The fraction of sp³-hybridized carbons (Fsp3) is 0.300. The third-order valence-corrected chi connectivity index (χ3v) is 4.54. The van der Waals surface area contributed by atoms with Crippen LogP contribution in [0.1, 0.15) is 10.4 Å². The number of amides is 2. The molecule has 1 aliphatic heterocycles. The van der Waals surface area contributed by atoms with Crippen molar-refractivity contribution in [3.63, 3.8) is 0 Å². The van der Waals surface area contributed by atoms with Gasteiger partial charge in [-0.05, 0) is 49.5 Å². The van der Waals surface area contributed by atoms with Crippen molar-refractivity contribution in [3.05, 3.63) is 54.1 Å². The number of nitrogens with zero attached hydrogens (tertiary/aromatic N) is 2. The third kappa shape index (κ3) is 4.98. The summed E-state index contributed by atoms with van der Waals surface area (Å²) in [6.07, 6.45) is 0. The van der Waals surface area contributed by atoms with Crippen LogP contribution in [-0.4, -0.2) is 57.2 Å². The van der Waals surface area contributed by atoms with Gasteiger partial charge in [-0.25, -0.2) is 9.59 Å². The number of methoxy groups -OCH3 is 1. The quantitative estimate of drug-likeness (QED) is 0.812. The fourth-order valence-corrected chi connectivity index (χ4v) is 2.96. The van der Waals surface area contributed by atoms with Crippen molar-refractivity contribution < 1.29 is 14.3 Å². The number of rotatable bonds is 4. The number of carbonyl (C=O) groups excluding carboxylic acids is 2. The molecule has 0 atom stereocenters. The first-order valence-electron chi connectivity index (χ1n) is 8.85. The van der Waals surface area contributed by atoms with E-state index in [-0.39, 0.29) is 6.03 Å². The lowest BCUT2D eigenvalue weighted by atomic mass is 10.2. The molecule has 3 rings (SSSR count). The minimum atomic E-state index is -0.446. The molecule has 0 aromatic heterocycles. The Kier molecular flexibility index (Phi) is 5.93. The van der Waals surface area contributed by atoms with Crippen LogP contribution in [0.4, 0.5) is 21.9 Å². The number of benzene rings is 2. The van der Waals surface area contributed by atoms with Crippen molar-refractivity contribution in [1.29, 1.82) is 0 Å². The molecule has 1 fully saturated rings. The lowest BCUT2D eigenvalue weighted by Gasteiger charge is -2.34. The van der Waals surface area contributed by atoms with Crippen LogP contribution >= 0.6 is 0 Å². The molecular formula is C20H24N4O3. The molecule has 2 aromatic rings. The molecule has 7 heteroatoms. The highest BCUT2D eigenvalue weighted by atomic mass is 16.5. The van der Waals surface area contributed by atoms with E-state index in [0.29, 0.717) is 16.9 Å². The normalized spacial score (nSPS) is 14.5. The summed E-state index contributed by atoms with van der Waals surface area (Å²) in [7, 11) is 3.45. The Balaban J connectivity index is 1.57. The van der Waals surface area contributed by atoms with Crippen molar-refractivity contribution in [3.8, 4) is 0 Å². The first-order chi connectivity index (χ1) is 13.0. The van der Waals surface area contributed by atoms with Crippen LogP contribution in [0.2, 0.25) is 0 Å². The van der Waals surface area contributed by atoms with Gasteiger partial charge in [-0.2, -0.15) is 0 Å². The third-order valence-electron chi connectivity index (χ3n) is 4.54. The molecule has 2 amide bonds. The molecule has 1 saturated heterocycles. The maximum atomic E-state index is 12.2. The molecule has 2 aromatic carbocycles. The smallest absolute Gasteiger partial charge is 0.337 e. The van der Waals surface area contributed by atoms with E-state index in [1.807, 2.05) is 24.3 Å². The average Bonchev–Trinajstić information content (AvgIpc) is 2.69. The summed E-state index contributed by atoms with van der Waals surface area (Å²) in [6.45, 7) is 4.10. The van der Waals surface area contributed by atoms with E-state index in [2.05, 4.69) is 32.2 Å². The van der Waals surface area contributed by atoms with Crippen molar-refractivity contribution in [1.82, 2.24) is 4.90 Å². The minimum Gasteiger partial charge on any atom is -0.465 e. The molecule has 7 nitrogen and oxygen atoms in total. The van der Waals surface area contributed by atoms with Crippen LogP contribution in [0.5, 0.6) is 0 Å². The molecule has 0 unspecified atom stereocenters. The number of nitrogens with one attached hydrogen (secondary N) is 2. The van der Waals surface area contributed by atoms with E-state index in [0.717, 1.165) is 31.9 Å². The van der Waals surface area contributed by atoms with Gasteiger partial charge in [0.15, 0.2) is 0 Å². The molecule has 1 heterocycles.